The molecule has 0 aliphatic heterocycles. The zero-order valence-electron chi connectivity index (χ0n) is 11.3. The summed E-state index contributed by atoms with van der Waals surface area (Å²) in [5, 5.41) is 14.6. The van der Waals surface area contributed by atoms with E-state index >= 15 is 0 Å². The highest BCUT2D eigenvalue weighted by molar-refractivity contribution is 5.59. The van der Waals surface area contributed by atoms with Crippen molar-refractivity contribution in [3.8, 4) is 11.4 Å². The fourth-order valence-corrected chi connectivity index (χ4v) is 2.12. The Labute approximate surface area is 113 Å². The second-order valence-electron chi connectivity index (χ2n) is 4.62. The number of rotatable bonds is 7. The van der Waals surface area contributed by atoms with Crippen LogP contribution < -0.4 is 0 Å². The smallest absolute Gasteiger partial charge is 0.256 e. The molecule has 0 N–H and O–H groups in total. The molecule has 2 rings (SSSR count). The molecule has 0 aliphatic rings. The van der Waals surface area contributed by atoms with Crippen LogP contribution in [0.5, 0.6) is 0 Å². The zero-order chi connectivity index (χ0) is 13.5. The van der Waals surface area contributed by atoms with Crippen LogP contribution in [0.2, 0.25) is 0 Å². The van der Waals surface area contributed by atoms with Gasteiger partial charge in [0.05, 0.1) is 0 Å². The minimum atomic E-state index is -0.467. The summed E-state index contributed by atoms with van der Waals surface area (Å²) in [4.78, 5) is 4.11. The summed E-state index contributed by atoms with van der Waals surface area (Å²) < 4.78 is 4.89. The van der Waals surface area contributed by atoms with E-state index in [1.54, 1.807) is 0 Å². The second kappa shape index (κ2) is 7.04. The van der Waals surface area contributed by atoms with Gasteiger partial charge < -0.3 is 4.52 Å². The van der Waals surface area contributed by atoms with Crippen molar-refractivity contribution >= 4 is 0 Å². The van der Waals surface area contributed by atoms with E-state index in [2.05, 4.69) is 23.1 Å². The van der Waals surface area contributed by atoms with Crippen LogP contribution in [-0.2, 0) is 18.1 Å². The van der Waals surface area contributed by atoms with Crippen molar-refractivity contribution in [2.75, 3.05) is 0 Å². The van der Waals surface area contributed by atoms with Crippen molar-refractivity contribution in [2.24, 2.45) is 0 Å². The fourth-order valence-electron chi connectivity index (χ4n) is 2.12. The molecule has 0 fully saturated rings. The first-order valence-corrected chi connectivity index (χ1v) is 6.84. The van der Waals surface area contributed by atoms with Crippen LogP contribution in [0.15, 0.2) is 28.8 Å². The van der Waals surface area contributed by atoms with Gasteiger partial charge in [-0.15, -0.1) is 0 Å². The average Bonchev–Trinajstić information content (AvgIpc) is 2.93. The molecule has 1 aromatic carbocycles. The third-order valence-corrected chi connectivity index (χ3v) is 3.15. The molecule has 0 spiro atoms. The van der Waals surface area contributed by atoms with E-state index in [9.17, 15) is 5.11 Å². The number of unbranched alkanes of at least 4 members (excludes halogenated alkanes) is 3. The molecule has 0 unspecified atom stereocenters. The highest BCUT2D eigenvalue weighted by Crippen LogP contribution is 2.22. The topological polar surface area (TPSA) is 58.8 Å². The van der Waals surface area contributed by atoms with Crippen molar-refractivity contribution < 1.29 is 9.63 Å². The van der Waals surface area contributed by atoms with Crippen molar-refractivity contribution in [3.05, 3.63) is 35.7 Å². The van der Waals surface area contributed by atoms with Crippen LogP contribution in [0.25, 0.3) is 11.4 Å². The Morgan fingerprint density at radius 1 is 1.16 bits per heavy atom. The lowest BCUT2D eigenvalue weighted by molar-refractivity contribution is 0.142. The molecule has 0 bridgehead atoms. The number of hydrogen-bond acceptors (Lipinski definition) is 3. The van der Waals surface area contributed by atoms with Crippen molar-refractivity contribution in [1.82, 2.24) is 10.1 Å². The molecule has 0 atom stereocenters. The number of hydrogen-bond donors (Lipinski definition) is 0. The molecule has 0 amide bonds. The van der Waals surface area contributed by atoms with E-state index < -0.39 is 6.61 Å². The monoisotopic (exact) mass is 259 g/mol. The lowest BCUT2D eigenvalue weighted by atomic mass is 10.0. The largest absolute Gasteiger partial charge is 0.336 e. The molecule has 0 aliphatic carbocycles. The van der Waals surface area contributed by atoms with E-state index in [1.165, 1.54) is 24.8 Å². The molecule has 2 aromatic rings. The summed E-state index contributed by atoms with van der Waals surface area (Å²) in [6.07, 6.45) is 5.92. The number of aromatic nitrogens is 2. The summed E-state index contributed by atoms with van der Waals surface area (Å²) in [5.74, 6) is 0.674. The Balaban J connectivity index is 2.11. The first-order valence-electron chi connectivity index (χ1n) is 6.84. The Kier molecular flexibility index (Phi) is 5.10. The van der Waals surface area contributed by atoms with Crippen LogP contribution in [-0.4, -0.2) is 10.1 Å². The predicted octanol–water partition coefficient (Wildman–Crippen LogP) is 3.79. The van der Waals surface area contributed by atoms with Crippen molar-refractivity contribution in [3.63, 3.8) is 0 Å². The van der Waals surface area contributed by atoms with Gasteiger partial charge in [0.2, 0.25) is 5.82 Å². The van der Waals surface area contributed by atoms with E-state index in [-0.39, 0.29) is 5.89 Å². The minimum absolute atomic E-state index is 0.149. The highest BCUT2D eigenvalue weighted by Gasteiger charge is 2.11. The van der Waals surface area contributed by atoms with Crippen LogP contribution in [0.3, 0.4) is 0 Å². The molecular formula is C15H19N2O2. The number of benzene rings is 1. The zero-order valence-corrected chi connectivity index (χ0v) is 11.3. The highest BCUT2D eigenvalue weighted by atomic mass is 16.5. The SMILES string of the molecule is CCCCCCc1ccccc1-c1noc(C[O])n1. The van der Waals surface area contributed by atoms with Gasteiger partial charge in [-0.1, -0.05) is 55.6 Å². The number of aryl methyl sites for hydroxylation is 1. The van der Waals surface area contributed by atoms with Gasteiger partial charge in [-0.2, -0.15) is 4.98 Å². The lowest BCUT2D eigenvalue weighted by Gasteiger charge is -2.05. The van der Waals surface area contributed by atoms with E-state index in [4.69, 9.17) is 4.52 Å². The maximum absolute atomic E-state index is 10.7. The molecule has 101 valence electrons. The van der Waals surface area contributed by atoms with Gasteiger partial charge in [0.25, 0.3) is 5.89 Å². The standard InChI is InChI=1S/C15H19N2O2/c1-2-3-4-5-8-12-9-6-7-10-13(12)15-16-14(11-18)19-17-15/h6-7,9-10H,2-5,8,11H2,1H3. The maximum atomic E-state index is 10.7. The predicted molar refractivity (Wildman–Crippen MR) is 72.0 cm³/mol. The second-order valence-corrected chi connectivity index (χ2v) is 4.62. The normalized spacial score (nSPS) is 10.8. The molecule has 1 heterocycles. The van der Waals surface area contributed by atoms with Gasteiger partial charge in [-0.25, -0.2) is 5.11 Å². The van der Waals surface area contributed by atoms with E-state index in [0.29, 0.717) is 5.82 Å². The van der Waals surface area contributed by atoms with Gasteiger partial charge in [0.15, 0.2) is 6.61 Å². The van der Waals surface area contributed by atoms with Crippen LogP contribution >= 0.6 is 0 Å². The van der Waals surface area contributed by atoms with Crippen LogP contribution in [0.4, 0.5) is 0 Å². The third kappa shape index (κ3) is 3.64. The molecule has 0 saturated carbocycles. The third-order valence-electron chi connectivity index (χ3n) is 3.15. The summed E-state index contributed by atoms with van der Waals surface area (Å²) in [6.45, 7) is 1.74. The quantitative estimate of drug-likeness (QED) is 0.711. The van der Waals surface area contributed by atoms with Crippen molar-refractivity contribution in [1.29, 1.82) is 0 Å². The summed E-state index contributed by atoms with van der Waals surface area (Å²) >= 11 is 0. The molecule has 1 aromatic heterocycles. The van der Waals surface area contributed by atoms with E-state index in [0.717, 1.165) is 18.4 Å². The first-order chi connectivity index (χ1) is 9.35. The van der Waals surface area contributed by atoms with Crippen LogP contribution in [0.1, 0.15) is 44.1 Å². The lowest BCUT2D eigenvalue weighted by Crippen LogP contribution is -1.92. The van der Waals surface area contributed by atoms with E-state index in [1.807, 2.05) is 18.2 Å². The minimum Gasteiger partial charge on any atom is -0.336 e. The van der Waals surface area contributed by atoms with Crippen molar-refractivity contribution in [2.45, 2.75) is 45.6 Å². The Bertz CT molecular complexity index is 508. The molecule has 4 nitrogen and oxygen atoms in total. The van der Waals surface area contributed by atoms with Gasteiger partial charge in [-0.05, 0) is 18.4 Å². The summed E-state index contributed by atoms with van der Waals surface area (Å²) in [5.41, 5.74) is 2.19. The van der Waals surface area contributed by atoms with Crippen LogP contribution in [0, 0.1) is 0 Å². The van der Waals surface area contributed by atoms with Gasteiger partial charge in [0, 0.05) is 5.56 Å². The Morgan fingerprint density at radius 3 is 2.74 bits per heavy atom. The summed E-state index contributed by atoms with van der Waals surface area (Å²) in [6, 6.07) is 8.05. The molecular weight excluding hydrogens is 240 g/mol. The molecule has 19 heavy (non-hydrogen) atoms. The van der Waals surface area contributed by atoms with Gasteiger partial charge in [0.1, 0.15) is 0 Å². The fraction of sp³-hybridized carbons (Fsp3) is 0.467. The summed E-state index contributed by atoms with van der Waals surface area (Å²) in [7, 11) is 0. The Morgan fingerprint density at radius 2 is 2.00 bits per heavy atom. The van der Waals surface area contributed by atoms with Gasteiger partial charge >= 0.3 is 0 Å². The Hall–Kier alpha value is -1.68. The first kappa shape index (κ1) is 13.7. The average molecular weight is 259 g/mol. The maximum Gasteiger partial charge on any atom is 0.256 e. The molecule has 4 heteroatoms. The molecule has 0 saturated heterocycles. The molecule has 1 radical (unpaired) electrons. The number of nitrogens with zero attached hydrogens (tertiary/aromatic N) is 2. The van der Waals surface area contributed by atoms with Gasteiger partial charge in [-0.3, -0.25) is 0 Å².